The van der Waals surface area contributed by atoms with Crippen LogP contribution in [0.15, 0.2) is 47.3 Å². The number of aliphatic hydroxyl groups is 1. The van der Waals surface area contributed by atoms with E-state index in [1.165, 1.54) is 30.0 Å². The highest BCUT2D eigenvalue weighted by Crippen LogP contribution is 2.48. The minimum atomic E-state index is -0.836. The molecule has 2 N–H and O–H groups in total. The van der Waals surface area contributed by atoms with Crippen molar-refractivity contribution in [3.8, 4) is 0 Å². The Kier molecular flexibility index (Phi) is 4.96. The first kappa shape index (κ1) is 19.3. The van der Waals surface area contributed by atoms with Crippen LogP contribution in [0.1, 0.15) is 24.2 Å². The Balaban J connectivity index is 1.62. The highest BCUT2D eigenvalue weighted by Gasteiger charge is 2.56. The number of halogens is 1. The van der Waals surface area contributed by atoms with Crippen LogP contribution in [0.2, 0.25) is 0 Å². The number of hydrogen-bond donors (Lipinski definition) is 2. The van der Waals surface area contributed by atoms with Gasteiger partial charge in [0.25, 0.3) is 5.56 Å². The summed E-state index contributed by atoms with van der Waals surface area (Å²) in [5, 5.41) is 12.8. The Morgan fingerprint density at radius 1 is 1.21 bits per heavy atom. The van der Waals surface area contributed by atoms with E-state index >= 15 is 0 Å². The van der Waals surface area contributed by atoms with Crippen LogP contribution in [-0.2, 0) is 22.7 Å². The van der Waals surface area contributed by atoms with Gasteiger partial charge in [-0.1, -0.05) is 18.2 Å². The Morgan fingerprint density at radius 2 is 1.93 bits per heavy atom. The molecule has 0 saturated carbocycles. The lowest BCUT2D eigenvalue weighted by atomic mass is 9.88. The van der Waals surface area contributed by atoms with Crippen LogP contribution in [0, 0.1) is 17.7 Å². The molecule has 0 unspecified atom stereocenters. The van der Waals surface area contributed by atoms with Crippen LogP contribution in [0.4, 0.5) is 4.39 Å². The molecule has 0 bridgehead atoms. The first-order valence-corrected chi connectivity index (χ1v) is 9.54. The molecule has 1 fully saturated rings. The van der Waals surface area contributed by atoms with Gasteiger partial charge in [0.05, 0.1) is 6.04 Å². The van der Waals surface area contributed by atoms with Crippen molar-refractivity contribution in [3.63, 3.8) is 0 Å². The topological polar surface area (TPSA) is 91.6 Å². The third-order valence-electron chi connectivity index (χ3n) is 5.96. The van der Waals surface area contributed by atoms with Crippen molar-refractivity contribution in [1.82, 2.24) is 14.8 Å². The van der Waals surface area contributed by atoms with E-state index in [1.807, 2.05) is 0 Å². The number of benzene rings is 1. The van der Waals surface area contributed by atoms with Gasteiger partial charge >= 0.3 is 0 Å². The zero-order chi connectivity index (χ0) is 20.7. The van der Waals surface area contributed by atoms with E-state index in [0.717, 1.165) is 5.56 Å². The highest BCUT2D eigenvalue weighted by molar-refractivity contribution is 5.88. The number of aromatic nitrogens is 1. The van der Waals surface area contributed by atoms with Crippen molar-refractivity contribution < 1.29 is 19.1 Å². The maximum atomic E-state index is 13.1. The van der Waals surface area contributed by atoms with E-state index in [2.05, 4.69) is 5.32 Å². The summed E-state index contributed by atoms with van der Waals surface area (Å²) in [6, 6.07) is 9.41. The van der Waals surface area contributed by atoms with Gasteiger partial charge in [-0.25, -0.2) is 4.39 Å². The van der Waals surface area contributed by atoms with E-state index in [0.29, 0.717) is 12.2 Å². The summed E-state index contributed by atoms with van der Waals surface area (Å²) in [7, 11) is 0. The lowest BCUT2D eigenvalue weighted by Gasteiger charge is -2.30. The number of fused-ring (bicyclic) bond motifs is 3. The van der Waals surface area contributed by atoms with E-state index in [-0.39, 0.29) is 42.3 Å². The molecular weight excluding hydrogens is 377 g/mol. The van der Waals surface area contributed by atoms with Crippen LogP contribution >= 0.6 is 0 Å². The number of amides is 2. The molecule has 2 aliphatic rings. The average molecular weight is 399 g/mol. The smallest absolute Gasteiger partial charge is 0.250 e. The second-order valence-electron chi connectivity index (χ2n) is 7.57. The van der Waals surface area contributed by atoms with Gasteiger partial charge in [-0.15, -0.1) is 0 Å². The number of carbonyl (C=O) groups excluding carboxylic acids is 2. The SMILES string of the molecule is CC(=O)N1[C@@H]2c3cccc(=O)n3C[C@@H]2[C@@H](CO)[C@@H]1C(=O)NCc1ccc(F)cc1. The lowest BCUT2D eigenvalue weighted by Crippen LogP contribution is -2.49. The molecule has 1 saturated heterocycles. The van der Waals surface area contributed by atoms with Crippen LogP contribution < -0.4 is 10.9 Å². The molecule has 2 aliphatic heterocycles. The molecule has 8 heteroatoms. The minimum absolute atomic E-state index is 0.158. The van der Waals surface area contributed by atoms with E-state index in [4.69, 9.17) is 0 Å². The number of pyridine rings is 1. The van der Waals surface area contributed by atoms with Gasteiger partial charge in [0.2, 0.25) is 11.8 Å². The molecule has 2 aromatic rings. The largest absolute Gasteiger partial charge is 0.396 e. The number of rotatable bonds is 4. The summed E-state index contributed by atoms with van der Waals surface area (Å²) in [6.07, 6.45) is 0. The summed E-state index contributed by atoms with van der Waals surface area (Å²) in [5.74, 6) is -1.73. The average Bonchev–Trinajstić information content (AvgIpc) is 3.22. The molecule has 0 spiro atoms. The summed E-state index contributed by atoms with van der Waals surface area (Å²) in [6.45, 7) is 1.66. The summed E-state index contributed by atoms with van der Waals surface area (Å²) in [5.41, 5.74) is 1.25. The van der Waals surface area contributed by atoms with Crippen molar-refractivity contribution in [3.05, 3.63) is 69.9 Å². The second kappa shape index (κ2) is 7.44. The number of hydrogen-bond acceptors (Lipinski definition) is 4. The van der Waals surface area contributed by atoms with Crippen LogP contribution in [0.3, 0.4) is 0 Å². The Hall–Kier alpha value is -3.00. The molecule has 0 aliphatic carbocycles. The van der Waals surface area contributed by atoms with Crippen LogP contribution in [0.5, 0.6) is 0 Å². The van der Waals surface area contributed by atoms with E-state index < -0.39 is 18.0 Å². The van der Waals surface area contributed by atoms with E-state index in [9.17, 15) is 23.9 Å². The molecule has 2 amide bonds. The zero-order valence-electron chi connectivity index (χ0n) is 15.9. The monoisotopic (exact) mass is 399 g/mol. The number of carbonyl (C=O) groups is 2. The molecule has 3 heterocycles. The summed E-state index contributed by atoms with van der Waals surface area (Å²) in [4.78, 5) is 39.2. The molecule has 4 atom stereocenters. The first-order chi connectivity index (χ1) is 13.9. The Bertz CT molecular complexity index is 1000. The maximum absolute atomic E-state index is 13.1. The Morgan fingerprint density at radius 3 is 2.59 bits per heavy atom. The van der Waals surface area contributed by atoms with Crippen LogP contribution in [0.25, 0.3) is 0 Å². The lowest BCUT2D eigenvalue weighted by molar-refractivity contribution is -0.140. The third-order valence-corrected chi connectivity index (χ3v) is 5.96. The first-order valence-electron chi connectivity index (χ1n) is 9.54. The summed E-state index contributed by atoms with van der Waals surface area (Å²) < 4.78 is 14.7. The fourth-order valence-corrected chi connectivity index (χ4v) is 4.70. The quantitative estimate of drug-likeness (QED) is 0.796. The number of aliphatic hydroxyl groups excluding tert-OH is 1. The normalized spacial score (nSPS) is 24.9. The summed E-state index contributed by atoms with van der Waals surface area (Å²) >= 11 is 0. The van der Waals surface area contributed by atoms with E-state index in [1.54, 1.807) is 28.8 Å². The van der Waals surface area contributed by atoms with Gasteiger partial charge < -0.3 is 19.9 Å². The molecule has 0 radical (unpaired) electrons. The number of likely N-dealkylation sites (tertiary alicyclic amines) is 1. The molecular formula is C21H22FN3O4. The van der Waals surface area contributed by atoms with Gasteiger partial charge in [-0.2, -0.15) is 0 Å². The molecule has 152 valence electrons. The van der Waals surface area contributed by atoms with Crippen molar-refractivity contribution in [2.24, 2.45) is 11.8 Å². The molecule has 4 rings (SSSR count). The van der Waals surface area contributed by atoms with Gasteiger partial charge in [0, 0.05) is 50.2 Å². The molecule has 29 heavy (non-hydrogen) atoms. The molecule has 1 aromatic heterocycles. The van der Waals surface area contributed by atoms with Crippen molar-refractivity contribution in [1.29, 1.82) is 0 Å². The van der Waals surface area contributed by atoms with Crippen molar-refractivity contribution >= 4 is 11.8 Å². The maximum Gasteiger partial charge on any atom is 0.250 e. The highest BCUT2D eigenvalue weighted by atomic mass is 19.1. The molecule has 1 aromatic carbocycles. The van der Waals surface area contributed by atoms with Gasteiger partial charge in [-0.3, -0.25) is 14.4 Å². The number of nitrogens with zero attached hydrogens (tertiary/aromatic N) is 2. The van der Waals surface area contributed by atoms with Crippen LogP contribution in [-0.4, -0.2) is 39.0 Å². The van der Waals surface area contributed by atoms with Gasteiger partial charge in [0.1, 0.15) is 11.9 Å². The third kappa shape index (κ3) is 3.23. The Labute approximate surface area is 166 Å². The van der Waals surface area contributed by atoms with Gasteiger partial charge in [0.15, 0.2) is 0 Å². The van der Waals surface area contributed by atoms with Crippen molar-refractivity contribution in [2.75, 3.05) is 6.61 Å². The molecule has 7 nitrogen and oxygen atoms in total. The van der Waals surface area contributed by atoms with Gasteiger partial charge in [-0.05, 0) is 23.8 Å². The predicted octanol–water partition coefficient (Wildman–Crippen LogP) is 0.814. The predicted molar refractivity (Wildman–Crippen MR) is 102 cm³/mol. The van der Waals surface area contributed by atoms with Crippen molar-refractivity contribution in [2.45, 2.75) is 32.1 Å². The zero-order valence-corrected chi connectivity index (χ0v) is 15.9. The second-order valence-corrected chi connectivity index (χ2v) is 7.57. The fourth-order valence-electron chi connectivity index (χ4n) is 4.70. The minimum Gasteiger partial charge on any atom is -0.396 e. The standard InChI is InChI=1S/C21H22FN3O4/c1-12(27)25-19-15(10-24-17(19)3-2-4-18(24)28)16(11-26)20(25)21(29)23-9-13-5-7-14(22)8-6-13/h2-8,15-16,19-20,26H,9-11H2,1H3,(H,23,29)/t15-,16-,19+,20-/m1/s1. The fraction of sp³-hybridized carbons (Fsp3) is 0.381. The number of nitrogens with one attached hydrogen (secondary N) is 1.